The first-order chi connectivity index (χ1) is 8.33. The summed E-state index contributed by atoms with van der Waals surface area (Å²) in [5, 5.41) is 17.9. The highest BCUT2D eigenvalue weighted by molar-refractivity contribution is 5.82. The molecule has 0 heterocycles. The lowest BCUT2D eigenvalue weighted by Gasteiger charge is -2.22. The van der Waals surface area contributed by atoms with E-state index in [2.05, 4.69) is 0 Å². The number of non-ortho nitro benzene ring substituents is 1. The number of nitrogens with two attached hydrogens (primary N) is 1. The predicted octanol–water partition coefficient (Wildman–Crippen LogP) is 2.33. The summed E-state index contributed by atoms with van der Waals surface area (Å²) in [7, 11) is 0. The molecule has 0 aliphatic rings. The topological polar surface area (TPSA) is 102 Å². The first-order valence-electron chi connectivity index (χ1n) is 5.55. The van der Waals surface area contributed by atoms with Gasteiger partial charge in [0.2, 0.25) is 0 Å². The van der Waals surface area contributed by atoms with E-state index in [1.807, 2.05) is 13.8 Å². The average molecular weight is 251 g/mol. The van der Waals surface area contributed by atoms with Crippen LogP contribution in [0.25, 0.3) is 0 Å². The van der Waals surface area contributed by atoms with Gasteiger partial charge in [0.1, 0.15) is 5.75 Å². The lowest BCUT2D eigenvalue weighted by Crippen LogP contribution is -2.32. The number of nitro benzene ring substituents is 1. The van der Waals surface area contributed by atoms with Crippen LogP contribution in [-0.2, 0) is 0 Å². The van der Waals surface area contributed by atoms with Gasteiger partial charge in [0.05, 0.1) is 17.4 Å². The molecule has 0 atom stereocenters. The van der Waals surface area contributed by atoms with E-state index in [9.17, 15) is 10.1 Å². The minimum absolute atomic E-state index is 0.0337. The Labute approximate surface area is 105 Å². The second-order valence-corrected chi connectivity index (χ2v) is 4.65. The second-order valence-electron chi connectivity index (χ2n) is 4.65. The fourth-order valence-electron chi connectivity index (χ4n) is 1.22. The number of benzene rings is 1. The fraction of sp³-hybridized carbons (Fsp3) is 0.417. The van der Waals surface area contributed by atoms with Crippen molar-refractivity contribution >= 4 is 11.5 Å². The van der Waals surface area contributed by atoms with E-state index in [1.165, 1.54) is 12.1 Å². The zero-order chi connectivity index (χ0) is 13.8. The van der Waals surface area contributed by atoms with Gasteiger partial charge in [0.15, 0.2) is 0 Å². The maximum Gasteiger partial charge on any atom is 0.269 e. The molecule has 0 fully saturated rings. The monoisotopic (exact) mass is 251 g/mol. The molecule has 0 amide bonds. The molecular formula is C12H17N3O3. The van der Waals surface area contributed by atoms with Gasteiger partial charge in [-0.05, 0) is 18.6 Å². The van der Waals surface area contributed by atoms with Crippen molar-refractivity contribution in [2.24, 2.45) is 11.1 Å². The van der Waals surface area contributed by atoms with E-state index < -0.39 is 10.3 Å². The molecule has 0 saturated carbocycles. The van der Waals surface area contributed by atoms with E-state index in [0.717, 1.165) is 0 Å². The number of rotatable bonds is 6. The van der Waals surface area contributed by atoms with Crippen molar-refractivity contribution < 1.29 is 9.66 Å². The van der Waals surface area contributed by atoms with Crippen LogP contribution >= 0.6 is 0 Å². The molecule has 0 radical (unpaired) electrons. The summed E-state index contributed by atoms with van der Waals surface area (Å²) in [4.78, 5) is 10.0. The number of hydrogen-bond donors (Lipinski definition) is 2. The normalized spacial score (nSPS) is 11.0. The fourth-order valence-corrected chi connectivity index (χ4v) is 1.22. The number of nitrogens with one attached hydrogen (secondary N) is 1. The smallest absolute Gasteiger partial charge is 0.269 e. The third-order valence-corrected chi connectivity index (χ3v) is 2.77. The van der Waals surface area contributed by atoms with E-state index in [0.29, 0.717) is 18.8 Å². The highest BCUT2D eigenvalue weighted by atomic mass is 16.6. The Kier molecular flexibility index (Phi) is 4.25. The van der Waals surface area contributed by atoms with Crippen LogP contribution in [0.4, 0.5) is 5.69 Å². The van der Waals surface area contributed by atoms with Crippen LogP contribution in [0.1, 0.15) is 20.3 Å². The Balaban J connectivity index is 2.50. The van der Waals surface area contributed by atoms with Gasteiger partial charge < -0.3 is 10.5 Å². The van der Waals surface area contributed by atoms with Crippen LogP contribution in [0.15, 0.2) is 24.3 Å². The molecule has 0 bridgehead atoms. The first-order valence-corrected chi connectivity index (χ1v) is 5.55. The van der Waals surface area contributed by atoms with Crippen molar-refractivity contribution in [3.8, 4) is 5.75 Å². The Bertz CT molecular complexity index is 440. The van der Waals surface area contributed by atoms with Gasteiger partial charge >= 0.3 is 0 Å². The number of amidine groups is 1. The van der Waals surface area contributed by atoms with Crippen LogP contribution < -0.4 is 10.5 Å². The molecule has 1 aromatic rings. The molecule has 0 aliphatic carbocycles. The number of nitrogens with zero attached hydrogens (tertiary/aromatic N) is 1. The van der Waals surface area contributed by atoms with Gasteiger partial charge in [-0.3, -0.25) is 15.5 Å². The average Bonchev–Trinajstić information content (AvgIpc) is 2.29. The molecule has 0 spiro atoms. The highest BCUT2D eigenvalue weighted by Gasteiger charge is 2.21. The van der Waals surface area contributed by atoms with Crippen LogP contribution in [0.2, 0.25) is 0 Å². The molecule has 1 rings (SSSR count). The summed E-state index contributed by atoms with van der Waals surface area (Å²) < 4.78 is 5.45. The maximum atomic E-state index is 10.5. The Morgan fingerprint density at radius 3 is 2.44 bits per heavy atom. The van der Waals surface area contributed by atoms with E-state index >= 15 is 0 Å². The van der Waals surface area contributed by atoms with Crippen molar-refractivity contribution in [1.82, 2.24) is 0 Å². The minimum Gasteiger partial charge on any atom is -0.494 e. The number of ether oxygens (including phenoxy) is 1. The van der Waals surface area contributed by atoms with Crippen molar-refractivity contribution in [1.29, 1.82) is 5.41 Å². The first kappa shape index (κ1) is 14.0. The molecule has 6 heteroatoms. The van der Waals surface area contributed by atoms with Gasteiger partial charge in [-0.2, -0.15) is 0 Å². The van der Waals surface area contributed by atoms with Crippen molar-refractivity contribution in [2.75, 3.05) is 6.61 Å². The van der Waals surface area contributed by atoms with Gasteiger partial charge in [-0.1, -0.05) is 13.8 Å². The summed E-state index contributed by atoms with van der Waals surface area (Å²) in [5.74, 6) is 0.690. The van der Waals surface area contributed by atoms with Crippen molar-refractivity contribution in [3.05, 3.63) is 34.4 Å². The summed E-state index contributed by atoms with van der Waals surface area (Å²) in [6, 6.07) is 5.90. The van der Waals surface area contributed by atoms with Gasteiger partial charge in [0, 0.05) is 17.5 Å². The van der Waals surface area contributed by atoms with E-state index in [1.54, 1.807) is 12.1 Å². The van der Waals surface area contributed by atoms with Gasteiger partial charge in [-0.25, -0.2) is 0 Å². The zero-order valence-electron chi connectivity index (χ0n) is 10.5. The highest BCUT2D eigenvalue weighted by Crippen LogP contribution is 2.21. The van der Waals surface area contributed by atoms with Crippen LogP contribution in [-0.4, -0.2) is 17.4 Å². The van der Waals surface area contributed by atoms with Crippen LogP contribution in [0.3, 0.4) is 0 Å². The Morgan fingerprint density at radius 1 is 1.44 bits per heavy atom. The van der Waals surface area contributed by atoms with Gasteiger partial charge in [-0.15, -0.1) is 0 Å². The summed E-state index contributed by atoms with van der Waals surface area (Å²) in [6.07, 6.45) is 0.610. The lowest BCUT2D eigenvalue weighted by atomic mass is 9.88. The summed E-state index contributed by atoms with van der Waals surface area (Å²) >= 11 is 0. The Morgan fingerprint density at radius 2 is 2.00 bits per heavy atom. The standard InChI is InChI=1S/C12H17N3O3/c1-12(2,11(13)14)7-8-18-10-5-3-9(4-6-10)15(16)17/h3-6H,7-8H2,1-2H3,(H3,13,14). The summed E-state index contributed by atoms with van der Waals surface area (Å²) in [6.45, 7) is 4.15. The molecule has 1 aromatic carbocycles. The quantitative estimate of drug-likeness (QED) is 0.350. The molecule has 98 valence electrons. The summed E-state index contributed by atoms with van der Waals surface area (Å²) in [5.41, 5.74) is 5.09. The van der Waals surface area contributed by atoms with Gasteiger partial charge in [0.25, 0.3) is 5.69 Å². The van der Waals surface area contributed by atoms with E-state index in [-0.39, 0.29) is 11.5 Å². The molecular weight excluding hydrogens is 234 g/mol. The maximum absolute atomic E-state index is 10.5. The SMILES string of the molecule is CC(C)(CCOc1ccc([N+](=O)[O-])cc1)C(=N)N. The third kappa shape index (κ3) is 3.73. The lowest BCUT2D eigenvalue weighted by molar-refractivity contribution is -0.384. The minimum atomic E-state index is -0.456. The van der Waals surface area contributed by atoms with Crippen molar-refractivity contribution in [3.63, 3.8) is 0 Å². The molecule has 0 aliphatic heterocycles. The third-order valence-electron chi connectivity index (χ3n) is 2.77. The largest absolute Gasteiger partial charge is 0.494 e. The number of nitro groups is 1. The van der Waals surface area contributed by atoms with Crippen LogP contribution in [0, 0.1) is 20.9 Å². The van der Waals surface area contributed by atoms with Crippen molar-refractivity contribution in [2.45, 2.75) is 20.3 Å². The Hall–Kier alpha value is -2.11. The van der Waals surface area contributed by atoms with E-state index in [4.69, 9.17) is 15.9 Å². The zero-order valence-corrected chi connectivity index (χ0v) is 10.5. The molecule has 0 aromatic heterocycles. The molecule has 18 heavy (non-hydrogen) atoms. The molecule has 3 N–H and O–H groups in total. The molecule has 0 unspecified atom stereocenters. The molecule has 0 saturated heterocycles. The van der Waals surface area contributed by atoms with Crippen LogP contribution in [0.5, 0.6) is 5.75 Å². The number of hydrogen-bond acceptors (Lipinski definition) is 4. The predicted molar refractivity (Wildman–Crippen MR) is 68.9 cm³/mol. The second kappa shape index (κ2) is 5.48. The molecule has 6 nitrogen and oxygen atoms in total.